The molecule has 0 radical (unpaired) electrons. The molecular weight excluding hydrogens is 296 g/mol. The van der Waals surface area contributed by atoms with Crippen LogP contribution in [0.1, 0.15) is 11.1 Å². The fraction of sp³-hybridized carbons (Fsp3) is 0.118. The van der Waals surface area contributed by atoms with Crippen LogP contribution in [0.3, 0.4) is 0 Å². The van der Waals surface area contributed by atoms with E-state index in [4.69, 9.17) is 9.47 Å². The number of hydrogen-bond donors (Lipinski definition) is 0. The number of nitrogens with zero attached hydrogens (tertiary/aromatic N) is 2. The van der Waals surface area contributed by atoms with Crippen molar-refractivity contribution in [2.45, 2.75) is 0 Å². The van der Waals surface area contributed by atoms with E-state index < -0.39 is 4.92 Å². The summed E-state index contributed by atoms with van der Waals surface area (Å²) in [7, 11) is 3.04. The van der Waals surface area contributed by atoms with E-state index in [0.717, 1.165) is 0 Å². The number of nitriles is 1. The molecule has 2 aromatic carbocycles. The van der Waals surface area contributed by atoms with Crippen LogP contribution in [-0.4, -0.2) is 19.1 Å². The summed E-state index contributed by atoms with van der Waals surface area (Å²) >= 11 is 0. The first-order valence-corrected chi connectivity index (χ1v) is 6.67. The van der Waals surface area contributed by atoms with Crippen molar-refractivity contribution in [1.29, 1.82) is 5.26 Å². The molecule has 0 unspecified atom stereocenters. The molecule has 0 N–H and O–H groups in total. The van der Waals surface area contributed by atoms with Crippen LogP contribution < -0.4 is 9.47 Å². The second kappa shape index (κ2) is 7.09. The molecule has 0 aromatic heterocycles. The zero-order chi connectivity index (χ0) is 16.8. The Balaban J connectivity index is 2.46. The Hall–Kier alpha value is -3.33. The average Bonchev–Trinajstić information content (AvgIpc) is 2.59. The minimum atomic E-state index is -0.472. The fourth-order valence-electron chi connectivity index (χ4n) is 2.08. The van der Waals surface area contributed by atoms with E-state index in [1.54, 1.807) is 36.4 Å². The number of nitro groups is 1. The molecule has 2 aromatic rings. The second-order valence-corrected chi connectivity index (χ2v) is 4.59. The van der Waals surface area contributed by atoms with Gasteiger partial charge in [-0.25, -0.2) is 0 Å². The summed E-state index contributed by atoms with van der Waals surface area (Å²) in [5.74, 6) is 1.06. The quantitative estimate of drug-likeness (QED) is 0.364. The van der Waals surface area contributed by atoms with Crippen molar-refractivity contribution in [1.82, 2.24) is 0 Å². The van der Waals surface area contributed by atoms with Crippen LogP contribution in [0.25, 0.3) is 11.6 Å². The molecule has 0 spiro atoms. The smallest absolute Gasteiger partial charge is 0.270 e. The number of nitro benzene ring substituents is 1. The molecule has 0 aliphatic heterocycles. The highest BCUT2D eigenvalue weighted by molar-refractivity contribution is 5.90. The summed E-state index contributed by atoms with van der Waals surface area (Å²) in [5.41, 5.74) is 1.55. The topological polar surface area (TPSA) is 85.4 Å². The van der Waals surface area contributed by atoms with Crippen LogP contribution in [0, 0.1) is 21.4 Å². The predicted molar refractivity (Wildman–Crippen MR) is 86.1 cm³/mol. The third kappa shape index (κ3) is 3.66. The number of hydrogen-bond acceptors (Lipinski definition) is 5. The molecule has 0 saturated heterocycles. The maximum Gasteiger partial charge on any atom is 0.270 e. The molecule has 0 amide bonds. The van der Waals surface area contributed by atoms with Gasteiger partial charge < -0.3 is 9.47 Å². The highest BCUT2D eigenvalue weighted by Gasteiger charge is 2.09. The maximum absolute atomic E-state index is 10.8. The SMILES string of the molecule is COc1ccc(C(C#N)=Cc2cccc([N+](=O)[O-])c2)cc1OC. The Morgan fingerprint density at radius 3 is 2.52 bits per heavy atom. The lowest BCUT2D eigenvalue weighted by atomic mass is 10.0. The highest BCUT2D eigenvalue weighted by Crippen LogP contribution is 2.31. The summed E-state index contributed by atoms with van der Waals surface area (Å²) in [6.07, 6.45) is 1.59. The van der Waals surface area contributed by atoms with E-state index in [2.05, 4.69) is 6.07 Å². The first-order valence-electron chi connectivity index (χ1n) is 6.67. The van der Waals surface area contributed by atoms with Gasteiger partial charge in [-0.05, 0) is 35.4 Å². The molecule has 0 aliphatic carbocycles. The van der Waals surface area contributed by atoms with Gasteiger partial charge in [0.05, 0.1) is 30.8 Å². The van der Waals surface area contributed by atoms with Gasteiger partial charge in [-0.15, -0.1) is 0 Å². The molecule has 0 heterocycles. The van der Waals surface area contributed by atoms with Crippen LogP contribution in [0.4, 0.5) is 5.69 Å². The van der Waals surface area contributed by atoms with Crippen LogP contribution in [-0.2, 0) is 0 Å². The lowest BCUT2D eigenvalue weighted by Gasteiger charge is -2.09. The van der Waals surface area contributed by atoms with Crippen LogP contribution in [0.15, 0.2) is 42.5 Å². The minimum Gasteiger partial charge on any atom is -0.493 e. The summed E-state index contributed by atoms with van der Waals surface area (Å²) in [4.78, 5) is 10.3. The first-order chi connectivity index (χ1) is 11.1. The standard InChI is InChI=1S/C17H14N2O4/c1-22-16-7-6-13(10-17(16)23-2)14(11-18)8-12-4-3-5-15(9-12)19(20)21/h3-10H,1-2H3. The lowest BCUT2D eigenvalue weighted by Crippen LogP contribution is -1.92. The molecule has 0 bridgehead atoms. The third-order valence-corrected chi connectivity index (χ3v) is 3.21. The van der Waals surface area contributed by atoms with Gasteiger partial charge in [0.1, 0.15) is 0 Å². The summed E-state index contributed by atoms with van der Waals surface area (Å²) in [6.45, 7) is 0. The number of rotatable bonds is 5. The molecule has 0 aliphatic rings. The third-order valence-electron chi connectivity index (χ3n) is 3.21. The number of methoxy groups -OCH3 is 2. The molecule has 23 heavy (non-hydrogen) atoms. The van der Waals surface area contributed by atoms with Crippen LogP contribution in [0.2, 0.25) is 0 Å². The molecule has 0 saturated carbocycles. The number of ether oxygens (including phenoxy) is 2. The Bertz CT molecular complexity index is 806. The number of non-ortho nitro benzene ring substituents is 1. The van der Waals surface area contributed by atoms with Gasteiger partial charge in [-0.1, -0.05) is 12.1 Å². The van der Waals surface area contributed by atoms with E-state index in [0.29, 0.717) is 28.2 Å². The normalized spacial score (nSPS) is 10.7. The fourth-order valence-corrected chi connectivity index (χ4v) is 2.08. The van der Waals surface area contributed by atoms with Crippen molar-refractivity contribution in [3.05, 3.63) is 63.7 Å². The van der Waals surface area contributed by atoms with Crippen molar-refractivity contribution in [3.8, 4) is 17.6 Å². The van der Waals surface area contributed by atoms with Gasteiger partial charge in [-0.2, -0.15) is 5.26 Å². The van der Waals surface area contributed by atoms with E-state index >= 15 is 0 Å². The van der Waals surface area contributed by atoms with Gasteiger partial charge in [-0.3, -0.25) is 10.1 Å². The van der Waals surface area contributed by atoms with Crippen molar-refractivity contribution < 1.29 is 14.4 Å². The zero-order valence-corrected chi connectivity index (χ0v) is 12.6. The number of allylic oxidation sites excluding steroid dienone is 1. The van der Waals surface area contributed by atoms with Gasteiger partial charge in [0.2, 0.25) is 0 Å². The van der Waals surface area contributed by atoms with Crippen LogP contribution in [0.5, 0.6) is 11.5 Å². The van der Waals surface area contributed by atoms with Crippen molar-refractivity contribution >= 4 is 17.3 Å². The first kappa shape index (κ1) is 16.0. The van der Waals surface area contributed by atoms with Crippen molar-refractivity contribution in [3.63, 3.8) is 0 Å². The van der Waals surface area contributed by atoms with E-state index in [-0.39, 0.29) is 5.69 Å². The Morgan fingerprint density at radius 2 is 1.91 bits per heavy atom. The second-order valence-electron chi connectivity index (χ2n) is 4.59. The van der Waals surface area contributed by atoms with Crippen molar-refractivity contribution in [2.24, 2.45) is 0 Å². The molecule has 0 atom stereocenters. The maximum atomic E-state index is 10.8. The molecule has 6 nitrogen and oxygen atoms in total. The molecule has 6 heteroatoms. The largest absolute Gasteiger partial charge is 0.493 e. The summed E-state index contributed by atoms with van der Waals surface area (Å²) in [6, 6.07) is 13.3. The minimum absolute atomic E-state index is 0.0247. The zero-order valence-electron chi connectivity index (χ0n) is 12.6. The van der Waals surface area contributed by atoms with Gasteiger partial charge in [0.15, 0.2) is 11.5 Å². The predicted octanol–water partition coefficient (Wildman–Crippen LogP) is 3.68. The molecular formula is C17H14N2O4. The summed E-state index contributed by atoms with van der Waals surface area (Å²) < 4.78 is 10.4. The number of benzene rings is 2. The monoisotopic (exact) mass is 310 g/mol. The van der Waals surface area contributed by atoms with Gasteiger partial charge in [0.25, 0.3) is 5.69 Å². The molecule has 2 rings (SSSR count). The Morgan fingerprint density at radius 1 is 1.17 bits per heavy atom. The molecule has 116 valence electrons. The Kier molecular flexibility index (Phi) is 4.95. The van der Waals surface area contributed by atoms with Gasteiger partial charge in [0, 0.05) is 12.1 Å². The van der Waals surface area contributed by atoms with E-state index in [1.807, 2.05) is 0 Å². The Labute approximate surface area is 133 Å². The molecule has 0 fully saturated rings. The lowest BCUT2D eigenvalue weighted by molar-refractivity contribution is -0.384. The van der Waals surface area contributed by atoms with E-state index in [9.17, 15) is 15.4 Å². The van der Waals surface area contributed by atoms with Crippen LogP contribution >= 0.6 is 0 Å². The van der Waals surface area contributed by atoms with Crippen molar-refractivity contribution in [2.75, 3.05) is 14.2 Å². The summed E-state index contributed by atoms with van der Waals surface area (Å²) in [5, 5.41) is 20.2. The highest BCUT2D eigenvalue weighted by atomic mass is 16.6. The van der Waals surface area contributed by atoms with Gasteiger partial charge >= 0.3 is 0 Å². The van der Waals surface area contributed by atoms with E-state index in [1.165, 1.54) is 26.4 Å². The average molecular weight is 310 g/mol.